The van der Waals surface area contributed by atoms with Crippen LogP contribution in [-0.4, -0.2) is 30.2 Å². The molecule has 120 valence electrons. The zero-order valence-corrected chi connectivity index (χ0v) is 12.9. The maximum atomic E-state index is 12.1. The lowest BCUT2D eigenvalue weighted by atomic mass is 9.85. The summed E-state index contributed by atoms with van der Waals surface area (Å²) in [6, 6.07) is 6.95. The largest absolute Gasteiger partial charge is 0.481 e. The number of benzene rings is 1. The topological polar surface area (TPSA) is 75.6 Å². The van der Waals surface area contributed by atoms with Gasteiger partial charge >= 0.3 is 5.97 Å². The van der Waals surface area contributed by atoms with E-state index in [-0.39, 0.29) is 18.4 Å². The number of hydrogen-bond acceptors (Lipinski definition) is 3. The Hall–Kier alpha value is -1.88. The van der Waals surface area contributed by atoms with Crippen molar-refractivity contribution in [3.05, 3.63) is 29.8 Å². The molecule has 0 spiro atoms. The average molecular weight is 305 g/mol. The van der Waals surface area contributed by atoms with Crippen molar-refractivity contribution in [2.45, 2.75) is 44.6 Å². The van der Waals surface area contributed by atoms with Crippen LogP contribution in [0.2, 0.25) is 0 Å². The first-order valence-corrected chi connectivity index (χ1v) is 7.70. The maximum Gasteiger partial charge on any atom is 0.307 e. The molecule has 1 aromatic rings. The quantitative estimate of drug-likeness (QED) is 0.847. The van der Waals surface area contributed by atoms with Crippen LogP contribution < -0.4 is 5.32 Å². The second kappa shape index (κ2) is 7.94. The van der Waals surface area contributed by atoms with Crippen LogP contribution in [0.25, 0.3) is 0 Å². The standard InChI is InChI=1S/C17H23NO4/c1-22-15-4-2-3-13(9-15)10-16(19)18-14-7-5-12(6-8-14)11-17(20)21/h5-8,13,15H,2-4,9-11H2,1H3,(H,18,19)(H,20,21). The summed E-state index contributed by atoms with van der Waals surface area (Å²) in [4.78, 5) is 22.7. The molecule has 0 radical (unpaired) electrons. The molecule has 1 aromatic carbocycles. The second-order valence-corrected chi connectivity index (χ2v) is 5.91. The molecule has 5 heteroatoms. The van der Waals surface area contributed by atoms with Gasteiger partial charge < -0.3 is 15.2 Å². The lowest BCUT2D eigenvalue weighted by molar-refractivity contribution is -0.136. The van der Waals surface area contributed by atoms with Crippen molar-refractivity contribution in [2.75, 3.05) is 12.4 Å². The number of carbonyl (C=O) groups is 2. The molecule has 1 aliphatic carbocycles. The molecule has 1 fully saturated rings. The first-order chi connectivity index (χ1) is 10.6. The lowest BCUT2D eigenvalue weighted by Gasteiger charge is -2.27. The third-order valence-electron chi connectivity index (χ3n) is 4.14. The van der Waals surface area contributed by atoms with Crippen LogP contribution in [0.5, 0.6) is 0 Å². The molecular formula is C17H23NO4. The van der Waals surface area contributed by atoms with E-state index in [4.69, 9.17) is 9.84 Å². The minimum Gasteiger partial charge on any atom is -0.481 e. The number of hydrogen-bond donors (Lipinski definition) is 2. The molecule has 0 saturated heterocycles. The van der Waals surface area contributed by atoms with Crippen LogP contribution in [0.4, 0.5) is 5.69 Å². The third-order valence-corrected chi connectivity index (χ3v) is 4.14. The number of aliphatic carboxylic acids is 1. The van der Waals surface area contributed by atoms with Gasteiger partial charge in [-0.2, -0.15) is 0 Å². The zero-order valence-electron chi connectivity index (χ0n) is 12.9. The molecule has 2 N–H and O–H groups in total. The predicted molar refractivity (Wildman–Crippen MR) is 83.8 cm³/mol. The summed E-state index contributed by atoms with van der Waals surface area (Å²) in [5.74, 6) is -0.473. The van der Waals surface area contributed by atoms with Crippen LogP contribution in [0, 0.1) is 5.92 Å². The van der Waals surface area contributed by atoms with E-state index < -0.39 is 5.97 Å². The number of anilines is 1. The molecule has 2 atom stereocenters. The summed E-state index contributed by atoms with van der Waals surface area (Å²) in [6.45, 7) is 0. The molecule has 1 amide bonds. The van der Waals surface area contributed by atoms with Gasteiger partial charge in [0.15, 0.2) is 0 Å². The highest BCUT2D eigenvalue weighted by Crippen LogP contribution is 2.28. The maximum absolute atomic E-state index is 12.1. The number of carboxylic acid groups (broad SMARTS) is 1. The van der Waals surface area contributed by atoms with Gasteiger partial charge in [-0.25, -0.2) is 0 Å². The number of ether oxygens (including phenoxy) is 1. The van der Waals surface area contributed by atoms with E-state index >= 15 is 0 Å². The summed E-state index contributed by atoms with van der Waals surface area (Å²) in [7, 11) is 1.73. The van der Waals surface area contributed by atoms with Crippen molar-refractivity contribution < 1.29 is 19.4 Å². The Kier molecular flexibility index (Phi) is 5.95. The van der Waals surface area contributed by atoms with E-state index in [2.05, 4.69) is 5.32 Å². The number of methoxy groups -OCH3 is 1. The minimum absolute atomic E-state index is 0.00525. The van der Waals surface area contributed by atoms with Gasteiger partial charge in [-0.3, -0.25) is 9.59 Å². The van der Waals surface area contributed by atoms with E-state index in [0.29, 0.717) is 18.0 Å². The van der Waals surface area contributed by atoms with Gasteiger partial charge in [0.05, 0.1) is 12.5 Å². The Labute approximate surface area is 130 Å². The summed E-state index contributed by atoms with van der Waals surface area (Å²) in [5.41, 5.74) is 1.43. The van der Waals surface area contributed by atoms with E-state index in [1.54, 1.807) is 31.4 Å². The van der Waals surface area contributed by atoms with Crippen LogP contribution >= 0.6 is 0 Å². The fourth-order valence-electron chi connectivity index (χ4n) is 3.00. The molecule has 2 unspecified atom stereocenters. The Bertz CT molecular complexity index is 512. The highest BCUT2D eigenvalue weighted by molar-refractivity contribution is 5.90. The van der Waals surface area contributed by atoms with Gasteiger partial charge in [0, 0.05) is 19.2 Å². The molecule has 2 rings (SSSR count). The summed E-state index contributed by atoms with van der Waals surface area (Å²) in [5, 5.41) is 11.6. The smallest absolute Gasteiger partial charge is 0.307 e. The molecule has 22 heavy (non-hydrogen) atoms. The van der Waals surface area contributed by atoms with Crippen molar-refractivity contribution in [3.63, 3.8) is 0 Å². The number of carboxylic acids is 1. The summed E-state index contributed by atoms with van der Waals surface area (Å²) < 4.78 is 5.39. The SMILES string of the molecule is COC1CCCC(CC(=O)Nc2ccc(CC(=O)O)cc2)C1. The van der Waals surface area contributed by atoms with Gasteiger partial charge in [-0.05, 0) is 42.9 Å². The van der Waals surface area contributed by atoms with E-state index in [0.717, 1.165) is 31.2 Å². The molecule has 0 aromatic heterocycles. The molecule has 1 aliphatic rings. The summed E-state index contributed by atoms with van der Waals surface area (Å²) in [6.07, 6.45) is 5.00. The highest BCUT2D eigenvalue weighted by Gasteiger charge is 2.23. The first-order valence-electron chi connectivity index (χ1n) is 7.70. The van der Waals surface area contributed by atoms with Crippen molar-refractivity contribution in [1.29, 1.82) is 0 Å². The highest BCUT2D eigenvalue weighted by atomic mass is 16.5. The van der Waals surface area contributed by atoms with E-state index in [1.165, 1.54) is 0 Å². The van der Waals surface area contributed by atoms with Crippen LogP contribution in [0.1, 0.15) is 37.7 Å². The van der Waals surface area contributed by atoms with Gasteiger partial charge in [-0.1, -0.05) is 18.6 Å². The number of rotatable bonds is 6. The van der Waals surface area contributed by atoms with Gasteiger partial charge in [0.25, 0.3) is 0 Å². The second-order valence-electron chi connectivity index (χ2n) is 5.91. The Morgan fingerprint density at radius 1 is 1.27 bits per heavy atom. The van der Waals surface area contributed by atoms with Crippen molar-refractivity contribution in [2.24, 2.45) is 5.92 Å². The van der Waals surface area contributed by atoms with Crippen LogP contribution in [0.15, 0.2) is 24.3 Å². The fraction of sp³-hybridized carbons (Fsp3) is 0.529. The third kappa shape index (κ3) is 5.15. The lowest BCUT2D eigenvalue weighted by Crippen LogP contribution is -2.25. The van der Waals surface area contributed by atoms with Gasteiger partial charge in [0.2, 0.25) is 5.91 Å². The summed E-state index contributed by atoms with van der Waals surface area (Å²) >= 11 is 0. The number of carbonyl (C=O) groups excluding carboxylic acids is 1. The molecule has 1 saturated carbocycles. The predicted octanol–water partition coefficient (Wildman–Crippen LogP) is 2.85. The van der Waals surface area contributed by atoms with Crippen molar-refractivity contribution in [1.82, 2.24) is 0 Å². The normalized spacial score (nSPS) is 21.3. The molecule has 5 nitrogen and oxygen atoms in total. The minimum atomic E-state index is -0.859. The zero-order chi connectivity index (χ0) is 15.9. The Morgan fingerprint density at radius 3 is 2.64 bits per heavy atom. The molecule has 0 heterocycles. The van der Waals surface area contributed by atoms with Crippen molar-refractivity contribution >= 4 is 17.6 Å². The average Bonchev–Trinajstić information content (AvgIpc) is 2.49. The van der Waals surface area contributed by atoms with Crippen LogP contribution in [0.3, 0.4) is 0 Å². The number of nitrogens with one attached hydrogen (secondary N) is 1. The van der Waals surface area contributed by atoms with E-state index in [9.17, 15) is 9.59 Å². The fourth-order valence-corrected chi connectivity index (χ4v) is 3.00. The van der Waals surface area contributed by atoms with Crippen LogP contribution in [-0.2, 0) is 20.7 Å². The Balaban J connectivity index is 1.82. The molecule has 0 bridgehead atoms. The molecule has 0 aliphatic heterocycles. The van der Waals surface area contributed by atoms with Gasteiger partial charge in [0.1, 0.15) is 0 Å². The van der Waals surface area contributed by atoms with Gasteiger partial charge in [-0.15, -0.1) is 0 Å². The van der Waals surface area contributed by atoms with Crippen molar-refractivity contribution in [3.8, 4) is 0 Å². The number of amides is 1. The molecular weight excluding hydrogens is 282 g/mol. The van der Waals surface area contributed by atoms with E-state index in [1.807, 2.05) is 0 Å². The first kappa shape index (κ1) is 16.5. The Morgan fingerprint density at radius 2 is 2.00 bits per heavy atom. The monoisotopic (exact) mass is 305 g/mol.